The van der Waals surface area contributed by atoms with Crippen LogP contribution in [0, 0.1) is 12.3 Å². The smallest absolute Gasteiger partial charge is 0.353 e. The van der Waals surface area contributed by atoms with Gasteiger partial charge in [-0.2, -0.15) is 0 Å². The molecule has 0 aromatic heterocycles. The zero-order valence-corrected chi connectivity index (χ0v) is 23.9. The number of Topliss-reactive ketones (excluding diaryl/α,β-unsaturated/α-hetero) is 3. The summed E-state index contributed by atoms with van der Waals surface area (Å²) >= 11 is 0. The number of fused-ring (bicyclic) bond motifs is 2. The quantitative estimate of drug-likeness (QED) is 0.288. The Kier molecular flexibility index (Phi) is 6.47. The highest BCUT2D eigenvalue weighted by molar-refractivity contribution is 6.23. The number of aromatic hydroxyl groups is 2. The van der Waals surface area contributed by atoms with E-state index in [1.807, 2.05) is 0 Å². The number of aliphatic hydroxyl groups is 2. The molecule has 44 heavy (non-hydrogen) atoms. The summed E-state index contributed by atoms with van der Waals surface area (Å²) in [6.07, 6.45) is -0.390. The first-order valence-corrected chi connectivity index (χ1v) is 13.8. The normalized spacial score (nSPS) is 25.3. The second kappa shape index (κ2) is 9.78. The van der Waals surface area contributed by atoms with Crippen molar-refractivity contribution in [2.45, 2.75) is 50.2 Å². The molecule has 0 saturated carbocycles. The average molecular weight is 605 g/mol. The lowest BCUT2D eigenvalue weighted by atomic mass is 9.62. The standard InChI is InChI=1S/C32H28O12/c1-13-8-16-23(17(33)9-13)28(39)25-26(37)15-6-7-31(25,29(16)40)11-14-10-19-24(27(38)22(14)15)18(34)12-32(44-19,30(41)43-3)20(35)4-5-21(36)42-2/h6-10,15,20,33,35,38-39H,4-5,11-12H2,1-3H3/t15-,20+,31+,32-/m1/s1. The van der Waals surface area contributed by atoms with Gasteiger partial charge in [0.05, 0.1) is 43.1 Å². The average Bonchev–Trinajstić information content (AvgIpc) is 3.21. The van der Waals surface area contributed by atoms with Gasteiger partial charge in [0.2, 0.25) is 5.60 Å². The van der Waals surface area contributed by atoms with E-state index < -0.39 is 70.3 Å². The number of phenolic OH excluding ortho intramolecular Hbond substituents is 2. The highest BCUT2D eigenvalue weighted by atomic mass is 16.6. The first-order chi connectivity index (χ1) is 20.8. The molecule has 2 aromatic carbocycles. The topological polar surface area (TPSA) is 194 Å². The molecule has 4 N–H and O–H groups in total. The Hall–Kier alpha value is -4.97. The zero-order chi connectivity index (χ0) is 31.9. The SMILES string of the molecule is COC(=O)CC[C@H](O)[C@@]1(C(=O)OC)CC(=O)c2c(cc3c(c2O)[C@H]2C=C[C@@]4(C3)C(=O)c3cc(C)cc(O)c3C(O)=C4C2=O)O1. The molecule has 1 aliphatic heterocycles. The van der Waals surface area contributed by atoms with Gasteiger partial charge < -0.3 is 34.6 Å². The number of ether oxygens (including phenoxy) is 3. The summed E-state index contributed by atoms with van der Waals surface area (Å²) < 4.78 is 15.5. The maximum Gasteiger partial charge on any atom is 0.353 e. The Morgan fingerprint density at radius 2 is 1.77 bits per heavy atom. The number of aliphatic hydroxyl groups excluding tert-OH is 2. The Morgan fingerprint density at radius 1 is 1.05 bits per heavy atom. The van der Waals surface area contributed by atoms with Gasteiger partial charge in [0.15, 0.2) is 17.3 Å². The summed E-state index contributed by atoms with van der Waals surface area (Å²) in [5, 5.41) is 44.5. The van der Waals surface area contributed by atoms with Gasteiger partial charge in [-0.3, -0.25) is 19.2 Å². The number of hydrogen-bond donors (Lipinski definition) is 4. The highest BCUT2D eigenvalue weighted by Gasteiger charge is 2.58. The largest absolute Gasteiger partial charge is 0.507 e. The van der Waals surface area contributed by atoms with Gasteiger partial charge in [-0.25, -0.2) is 4.79 Å². The monoisotopic (exact) mass is 604 g/mol. The number of phenols is 2. The number of benzene rings is 2. The lowest BCUT2D eigenvalue weighted by molar-refractivity contribution is -0.172. The first-order valence-electron chi connectivity index (χ1n) is 13.8. The van der Waals surface area contributed by atoms with Crippen LogP contribution in [0.25, 0.3) is 5.76 Å². The highest BCUT2D eigenvalue weighted by Crippen LogP contribution is 2.58. The van der Waals surface area contributed by atoms with E-state index in [-0.39, 0.29) is 64.2 Å². The summed E-state index contributed by atoms with van der Waals surface area (Å²) in [5.41, 5.74) is -3.93. The zero-order valence-electron chi connectivity index (χ0n) is 23.9. The predicted molar refractivity (Wildman–Crippen MR) is 149 cm³/mol. The van der Waals surface area contributed by atoms with Crippen molar-refractivity contribution in [2.24, 2.45) is 5.41 Å². The molecule has 0 saturated heterocycles. The summed E-state index contributed by atoms with van der Waals surface area (Å²) in [7, 11) is 2.19. The Labute approximate surface area is 250 Å². The number of allylic oxidation sites excluding steroid dienone is 3. The minimum Gasteiger partial charge on any atom is -0.507 e. The van der Waals surface area contributed by atoms with Gasteiger partial charge in [0.25, 0.3) is 0 Å². The molecule has 0 unspecified atom stereocenters. The van der Waals surface area contributed by atoms with E-state index in [0.717, 1.165) is 14.2 Å². The van der Waals surface area contributed by atoms with Crippen LogP contribution in [0.1, 0.15) is 68.2 Å². The van der Waals surface area contributed by atoms with Crippen LogP contribution < -0.4 is 4.74 Å². The van der Waals surface area contributed by atoms with Crippen LogP contribution in [0.15, 0.2) is 35.9 Å². The van der Waals surface area contributed by atoms with Crippen LogP contribution in [0.3, 0.4) is 0 Å². The molecule has 4 aliphatic carbocycles. The number of methoxy groups -OCH3 is 2. The molecule has 12 nitrogen and oxygen atoms in total. The van der Waals surface area contributed by atoms with Crippen molar-refractivity contribution >= 4 is 35.0 Å². The second-order valence-corrected chi connectivity index (χ2v) is 11.5. The van der Waals surface area contributed by atoms with Gasteiger partial charge in [-0.15, -0.1) is 0 Å². The summed E-state index contributed by atoms with van der Waals surface area (Å²) in [6.45, 7) is 1.66. The van der Waals surface area contributed by atoms with Gasteiger partial charge in [-0.05, 0) is 49.1 Å². The maximum absolute atomic E-state index is 14.1. The predicted octanol–water partition coefficient (Wildman–Crippen LogP) is 2.53. The van der Waals surface area contributed by atoms with Crippen LogP contribution >= 0.6 is 0 Å². The fourth-order valence-electron chi connectivity index (χ4n) is 6.95. The van der Waals surface area contributed by atoms with Gasteiger partial charge in [-0.1, -0.05) is 12.2 Å². The van der Waals surface area contributed by atoms with E-state index in [1.165, 1.54) is 30.4 Å². The molecule has 2 bridgehead atoms. The third-order valence-electron chi connectivity index (χ3n) is 9.02. The lowest BCUT2D eigenvalue weighted by Crippen LogP contribution is -2.58. The maximum atomic E-state index is 14.1. The first kappa shape index (κ1) is 29.1. The van der Waals surface area contributed by atoms with Crippen LogP contribution in [-0.4, -0.2) is 75.6 Å². The molecule has 2 aromatic rings. The molecule has 1 spiro atoms. The number of ketones is 3. The van der Waals surface area contributed by atoms with E-state index in [1.54, 1.807) is 6.92 Å². The molecule has 4 atom stereocenters. The van der Waals surface area contributed by atoms with Crippen molar-refractivity contribution in [3.8, 4) is 17.2 Å². The van der Waals surface area contributed by atoms with E-state index in [2.05, 4.69) is 4.74 Å². The summed E-state index contributed by atoms with van der Waals surface area (Å²) in [4.78, 5) is 66.4. The third-order valence-corrected chi connectivity index (χ3v) is 9.02. The van der Waals surface area contributed by atoms with Crippen molar-refractivity contribution in [3.63, 3.8) is 0 Å². The molecular weight excluding hydrogens is 576 g/mol. The van der Waals surface area contributed by atoms with Crippen LogP contribution in [0.5, 0.6) is 17.2 Å². The van der Waals surface area contributed by atoms with E-state index >= 15 is 0 Å². The van der Waals surface area contributed by atoms with E-state index in [0.29, 0.717) is 5.56 Å². The van der Waals surface area contributed by atoms with Crippen molar-refractivity contribution in [2.75, 3.05) is 14.2 Å². The van der Waals surface area contributed by atoms with Gasteiger partial charge in [0, 0.05) is 17.5 Å². The molecule has 7 rings (SSSR count). The molecule has 0 radical (unpaired) electrons. The van der Waals surface area contributed by atoms with Gasteiger partial charge >= 0.3 is 11.9 Å². The Bertz CT molecular complexity index is 1780. The molecule has 12 heteroatoms. The molecular formula is C32H28O12. The minimum atomic E-state index is -2.28. The van der Waals surface area contributed by atoms with Crippen molar-refractivity contribution in [3.05, 3.63) is 69.3 Å². The number of hydrogen-bond acceptors (Lipinski definition) is 12. The fraction of sp³-hybridized carbons (Fsp3) is 0.344. The molecule has 5 aliphatic rings. The van der Waals surface area contributed by atoms with Crippen LogP contribution in [0.2, 0.25) is 0 Å². The molecule has 228 valence electrons. The van der Waals surface area contributed by atoms with E-state index in [4.69, 9.17) is 9.47 Å². The van der Waals surface area contributed by atoms with Crippen LogP contribution in [-0.2, 0) is 30.3 Å². The van der Waals surface area contributed by atoms with Crippen molar-refractivity contribution in [1.82, 2.24) is 0 Å². The minimum absolute atomic E-state index is 0.00939. The summed E-state index contributed by atoms with van der Waals surface area (Å²) in [6, 6.07) is 4.19. The van der Waals surface area contributed by atoms with E-state index in [9.17, 15) is 44.4 Å². The fourth-order valence-corrected chi connectivity index (χ4v) is 6.95. The number of carbonyl (C=O) groups excluding carboxylic acids is 5. The number of rotatable bonds is 5. The Balaban J connectivity index is 1.52. The molecule has 1 heterocycles. The second-order valence-electron chi connectivity index (χ2n) is 11.5. The number of carbonyl (C=O) groups is 5. The van der Waals surface area contributed by atoms with Crippen molar-refractivity contribution < 1.29 is 58.6 Å². The Morgan fingerprint density at radius 3 is 2.45 bits per heavy atom. The number of aryl methyl sites for hydroxylation is 1. The van der Waals surface area contributed by atoms with Gasteiger partial charge in [0.1, 0.15) is 34.7 Å². The lowest BCUT2D eigenvalue weighted by Gasteiger charge is -2.39. The molecule has 0 fully saturated rings. The summed E-state index contributed by atoms with van der Waals surface area (Å²) in [5.74, 6) is -6.84. The van der Waals surface area contributed by atoms with Crippen LogP contribution in [0.4, 0.5) is 0 Å². The molecule has 0 amide bonds. The van der Waals surface area contributed by atoms with Crippen molar-refractivity contribution in [1.29, 1.82) is 0 Å². The number of esters is 2. The third kappa shape index (κ3) is 3.76.